The smallest absolute Gasteiger partial charge is 0.0119 e. The Balaban J connectivity index is 2.58. The van der Waals surface area contributed by atoms with Crippen LogP contribution >= 0.6 is 0 Å². The molecule has 0 amide bonds. The molecule has 2 aromatic rings. The van der Waals surface area contributed by atoms with Gasteiger partial charge in [-0.05, 0) is 45.6 Å². The van der Waals surface area contributed by atoms with Gasteiger partial charge in [0.1, 0.15) is 0 Å². The lowest BCUT2D eigenvalue weighted by Gasteiger charge is -2.23. The zero-order valence-corrected chi connectivity index (χ0v) is 13.9. The zero-order valence-electron chi connectivity index (χ0n) is 13.9. The van der Waals surface area contributed by atoms with Gasteiger partial charge in [0.15, 0.2) is 0 Å². The molecule has 0 radical (unpaired) electrons. The van der Waals surface area contributed by atoms with Crippen molar-refractivity contribution in [2.24, 2.45) is 10.8 Å². The summed E-state index contributed by atoms with van der Waals surface area (Å²) in [6.45, 7) is 13.9. The van der Waals surface area contributed by atoms with Crippen LogP contribution in [0.1, 0.15) is 52.7 Å². The van der Waals surface area contributed by atoms with Gasteiger partial charge in [-0.25, -0.2) is 0 Å². The van der Waals surface area contributed by atoms with Gasteiger partial charge >= 0.3 is 0 Å². The molecule has 0 unspecified atom stereocenters. The molecule has 0 aromatic heterocycles. The van der Waals surface area contributed by atoms with E-state index in [1.54, 1.807) is 0 Å². The fraction of sp³-hybridized carbons (Fsp3) is 0.500. The topological polar surface area (TPSA) is 0 Å². The molecule has 2 rings (SSSR count). The van der Waals surface area contributed by atoms with Gasteiger partial charge in [0.05, 0.1) is 0 Å². The zero-order chi connectivity index (χ0) is 15.0. The first-order chi connectivity index (χ1) is 9.16. The summed E-state index contributed by atoms with van der Waals surface area (Å²) in [5.74, 6) is 0. The molecule has 0 atom stereocenters. The molecular formula is C20H28. The lowest BCUT2D eigenvalue weighted by Crippen LogP contribution is -2.12. The predicted octanol–water partition coefficient (Wildman–Crippen LogP) is 6.02. The van der Waals surface area contributed by atoms with Gasteiger partial charge in [0.25, 0.3) is 0 Å². The van der Waals surface area contributed by atoms with Gasteiger partial charge in [-0.3, -0.25) is 0 Å². The van der Waals surface area contributed by atoms with E-state index in [0.717, 1.165) is 12.8 Å². The molecule has 0 heteroatoms. The summed E-state index contributed by atoms with van der Waals surface area (Å²) in [6, 6.07) is 13.5. The van der Waals surface area contributed by atoms with Gasteiger partial charge in [0.2, 0.25) is 0 Å². The highest BCUT2D eigenvalue weighted by Crippen LogP contribution is 2.32. The molecule has 0 saturated carbocycles. The fourth-order valence-corrected chi connectivity index (χ4v) is 2.94. The van der Waals surface area contributed by atoms with Crippen molar-refractivity contribution in [3.63, 3.8) is 0 Å². The second-order valence-electron chi connectivity index (χ2n) is 8.41. The summed E-state index contributed by atoms with van der Waals surface area (Å²) in [5, 5.41) is 2.87. The summed E-state index contributed by atoms with van der Waals surface area (Å²) in [5.41, 5.74) is 3.64. The van der Waals surface area contributed by atoms with Crippen molar-refractivity contribution in [2.45, 2.75) is 54.4 Å². The van der Waals surface area contributed by atoms with Gasteiger partial charge in [-0.1, -0.05) is 77.9 Å². The summed E-state index contributed by atoms with van der Waals surface area (Å²) < 4.78 is 0. The van der Waals surface area contributed by atoms with Gasteiger partial charge in [-0.2, -0.15) is 0 Å². The fourth-order valence-electron chi connectivity index (χ4n) is 2.94. The van der Waals surface area contributed by atoms with Crippen LogP contribution in [0.15, 0.2) is 36.4 Å². The standard InChI is InChI=1S/C20H28/c1-19(2,3)13-16-11-7-9-15-10-8-12-17(18(15)16)14-20(4,5)6/h7-12H,13-14H2,1-6H3. The number of fused-ring (bicyclic) bond motifs is 1. The Hall–Kier alpha value is -1.30. The predicted molar refractivity (Wildman–Crippen MR) is 90.3 cm³/mol. The van der Waals surface area contributed by atoms with Gasteiger partial charge in [0, 0.05) is 0 Å². The van der Waals surface area contributed by atoms with Crippen molar-refractivity contribution in [1.82, 2.24) is 0 Å². The molecule has 0 heterocycles. The number of benzene rings is 2. The second kappa shape index (κ2) is 5.24. The van der Waals surface area contributed by atoms with Crippen molar-refractivity contribution < 1.29 is 0 Å². The highest BCUT2D eigenvalue weighted by Gasteiger charge is 2.17. The Morgan fingerprint density at radius 2 is 1.05 bits per heavy atom. The lowest BCUT2D eigenvalue weighted by atomic mass is 9.82. The molecule has 0 nitrogen and oxygen atoms in total. The molecule has 0 N–H and O–H groups in total. The Bertz CT molecular complexity index is 541. The molecule has 0 fully saturated rings. The van der Waals surface area contributed by atoms with E-state index < -0.39 is 0 Å². The largest absolute Gasteiger partial charge is 0.0614 e. The average molecular weight is 268 g/mol. The van der Waals surface area contributed by atoms with E-state index in [9.17, 15) is 0 Å². The quantitative estimate of drug-likeness (QED) is 0.625. The molecule has 0 aliphatic carbocycles. The van der Waals surface area contributed by atoms with Crippen molar-refractivity contribution in [2.75, 3.05) is 0 Å². The first-order valence-electron chi connectivity index (χ1n) is 7.65. The molecule has 0 bridgehead atoms. The Kier molecular flexibility index (Phi) is 3.95. The SMILES string of the molecule is CC(C)(C)Cc1cccc2cccc(CC(C)(C)C)c12. The highest BCUT2D eigenvalue weighted by atomic mass is 14.2. The molecule has 20 heavy (non-hydrogen) atoms. The van der Waals surface area contributed by atoms with Crippen LogP contribution in [0.3, 0.4) is 0 Å². The van der Waals surface area contributed by atoms with Crippen molar-refractivity contribution in [3.05, 3.63) is 47.5 Å². The summed E-state index contributed by atoms with van der Waals surface area (Å²) in [4.78, 5) is 0. The summed E-state index contributed by atoms with van der Waals surface area (Å²) in [6.07, 6.45) is 2.26. The van der Waals surface area contributed by atoms with Gasteiger partial charge in [-0.15, -0.1) is 0 Å². The minimum atomic E-state index is 0.323. The van der Waals surface area contributed by atoms with Gasteiger partial charge < -0.3 is 0 Å². The van der Waals surface area contributed by atoms with Crippen molar-refractivity contribution in [3.8, 4) is 0 Å². The van der Waals surface area contributed by atoms with E-state index in [4.69, 9.17) is 0 Å². The maximum Gasteiger partial charge on any atom is -0.0119 e. The van der Waals surface area contributed by atoms with Crippen molar-refractivity contribution >= 4 is 10.8 Å². The monoisotopic (exact) mass is 268 g/mol. The Morgan fingerprint density at radius 1 is 0.650 bits per heavy atom. The van der Waals surface area contributed by atoms with Crippen LogP contribution in [0.25, 0.3) is 10.8 Å². The van der Waals surface area contributed by atoms with Crippen LogP contribution < -0.4 is 0 Å². The van der Waals surface area contributed by atoms with Crippen molar-refractivity contribution in [1.29, 1.82) is 0 Å². The minimum absolute atomic E-state index is 0.323. The van der Waals surface area contributed by atoms with E-state index in [1.165, 1.54) is 21.9 Å². The molecule has 0 aliphatic heterocycles. The molecule has 0 saturated heterocycles. The third-order valence-corrected chi connectivity index (χ3v) is 3.52. The maximum atomic E-state index is 2.32. The highest BCUT2D eigenvalue weighted by molar-refractivity contribution is 5.89. The van der Waals surface area contributed by atoms with Crippen LogP contribution in [-0.2, 0) is 12.8 Å². The minimum Gasteiger partial charge on any atom is -0.0614 e. The second-order valence-corrected chi connectivity index (χ2v) is 8.41. The van der Waals surface area contributed by atoms with Crippen LogP contribution in [-0.4, -0.2) is 0 Å². The molecule has 108 valence electrons. The number of rotatable bonds is 2. The molecule has 2 aromatic carbocycles. The van der Waals surface area contributed by atoms with Crippen LogP contribution in [0.4, 0.5) is 0 Å². The van der Waals surface area contributed by atoms with E-state index in [1.807, 2.05) is 0 Å². The molecule has 0 aliphatic rings. The first kappa shape index (κ1) is 15.1. The van der Waals surface area contributed by atoms with Crippen LogP contribution in [0.5, 0.6) is 0 Å². The summed E-state index contributed by atoms with van der Waals surface area (Å²) in [7, 11) is 0. The van der Waals surface area contributed by atoms with E-state index >= 15 is 0 Å². The Morgan fingerprint density at radius 3 is 1.40 bits per heavy atom. The lowest BCUT2D eigenvalue weighted by molar-refractivity contribution is 0.409. The van der Waals surface area contributed by atoms with Crippen LogP contribution in [0.2, 0.25) is 0 Å². The maximum absolute atomic E-state index is 2.32. The normalized spacial score (nSPS) is 12.9. The van der Waals surface area contributed by atoms with E-state index in [-0.39, 0.29) is 0 Å². The number of hydrogen-bond donors (Lipinski definition) is 0. The molecule has 0 spiro atoms. The summed E-state index contributed by atoms with van der Waals surface area (Å²) >= 11 is 0. The third kappa shape index (κ3) is 3.85. The molecular weight excluding hydrogens is 240 g/mol. The third-order valence-electron chi connectivity index (χ3n) is 3.52. The average Bonchev–Trinajstić information content (AvgIpc) is 2.25. The Labute approximate surface area is 124 Å². The van der Waals surface area contributed by atoms with E-state index in [0.29, 0.717) is 10.8 Å². The first-order valence-corrected chi connectivity index (χ1v) is 7.65. The number of hydrogen-bond acceptors (Lipinski definition) is 0. The van der Waals surface area contributed by atoms with Crippen LogP contribution in [0, 0.1) is 10.8 Å². The van der Waals surface area contributed by atoms with E-state index in [2.05, 4.69) is 77.9 Å².